The molecule has 0 atom stereocenters. The minimum Gasteiger partial charge on any atom is -0.0911 e. The maximum Gasteiger partial charge on any atom is 0.247 e. The van der Waals surface area contributed by atoms with Crippen LogP contribution in [-0.4, -0.2) is 6.71 Å². The van der Waals surface area contributed by atoms with Crippen molar-refractivity contribution < 1.29 is 0 Å². The molecule has 0 fully saturated rings. The van der Waals surface area contributed by atoms with Gasteiger partial charge in [0.1, 0.15) is 0 Å². The normalized spacial score (nSPS) is 13.9. The lowest BCUT2D eigenvalue weighted by Crippen LogP contribution is -2.58. The summed E-state index contributed by atoms with van der Waals surface area (Å²) in [6.07, 6.45) is 0. The highest BCUT2D eigenvalue weighted by Crippen LogP contribution is 2.39. The summed E-state index contributed by atoms with van der Waals surface area (Å²) in [6.45, 7) is 0.308. The zero-order valence-corrected chi connectivity index (χ0v) is 17.2. The highest BCUT2D eigenvalue weighted by molar-refractivity contribution is 8.01. The highest BCUT2D eigenvalue weighted by atomic mass is 32.2. The van der Waals surface area contributed by atoms with Crippen molar-refractivity contribution in [3.8, 4) is 0 Å². The van der Waals surface area contributed by atoms with Gasteiger partial charge < -0.3 is 0 Å². The summed E-state index contributed by atoms with van der Waals surface area (Å²) >= 11 is 3.86. The predicted molar refractivity (Wildman–Crippen MR) is 127 cm³/mol. The molecule has 0 saturated carbocycles. The SMILES string of the molecule is c1cc2c3c(c1)Sc1cc4ccccc4cc1B3c1cc3ccccc3cc1S2. The number of hydrogen-bond acceptors (Lipinski definition) is 2. The first-order valence-electron chi connectivity index (χ1n) is 9.89. The molecule has 0 bridgehead atoms. The van der Waals surface area contributed by atoms with Crippen LogP contribution in [0.4, 0.5) is 0 Å². The van der Waals surface area contributed by atoms with Crippen LogP contribution in [0.5, 0.6) is 0 Å². The summed E-state index contributed by atoms with van der Waals surface area (Å²) in [5.74, 6) is 0. The topological polar surface area (TPSA) is 0 Å². The summed E-state index contributed by atoms with van der Waals surface area (Å²) in [5.41, 5.74) is 4.39. The lowest BCUT2D eigenvalue weighted by atomic mass is 9.36. The van der Waals surface area contributed by atoms with Crippen molar-refractivity contribution in [1.29, 1.82) is 0 Å². The van der Waals surface area contributed by atoms with Gasteiger partial charge in [-0.05, 0) is 51.3 Å². The molecule has 0 aromatic heterocycles. The number of benzene rings is 5. The van der Waals surface area contributed by atoms with Crippen molar-refractivity contribution in [1.82, 2.24) is 0 Å². The average molecular weight is 402 g/mol. The number of fused-ring (bicyclic) bond motifs is 6. The average Bonchev–Trinajstić information content (AvgIpc) is 2.76. The Hall–Kier alpha value is -2.62. The Morgan fingerprint density at radius 1 is 0.448 bits per heavy atom. The molecule has 0 aliphatic carbocycles. The largest absolute Gasteiger partial charge is 0.247 e. The minimum absolute atomic E-state index is 0.308. The van der Waals surface area contributed by atoms with Crippen molar-refractivity contribution in [2.75, 3.05) is 0 Å². The van der Waals surface area contributed by atoms with Crippen molar-refractivity contribution in [3.63, 3.8) is 0 Å². The third-order valence-corrected chi connectivity index (χ3v) is 8.43. The second-order valence-corrected chi connectivity index (χ2v) is 9.95. The van der Waals surface area contributed by atoms with Gasteiger partial charge in [-0.2, -0.15) is 0 Å². The predicted octanol–water partition coefficient (Wildman–Crippen LogP) is 5.44. The molecule has 2 aliphatic heterocycles. The van der Waals surface area contributed by atoms with Gasteiger partial charge in [-0.3, -0.25) is 0 Å². The van der Waals surface area contributed by atoms with E-state index in [1.165, 1.54) is 57.5 Å². The zero-order valence-electron chi connectivity index (χ0n) is 15.6. The van der Waals surface area contributed by atoms with E-state index < -0.39 is 0 Å². The molecule has 3 heteroatoms. The van der Waals surface area contributed by atoms with Gasteiger partial charge in [0.05, 0.1) is 0 Å². The van der Waals surface area contributed by atoms with Crippen LogP contribution in [0.15, 0.2) is 111 Å². The molecule has 2 aliphatic rings. The maximum atomic E-state index is 2.43. The molecule has 0 radical (unpaired) electrons. The number of rotatable bonds is 0. The molecular weight excluding hydrogens is 387 g/mol. The molecule has 134 valence electrons. The van der Waals surface area contributed by atoms with Gasteiger partial charge in [0.15, 0.2) is 0 Å². The van der Waals surface area contributed by atoms with Gasteiger partial charge in [-0.25, -0.2) is 0 Å². The summed E-state index contributed by atoms with van der Waals surface area (Å²) in [5, 5.41) is 5.30. The van der Waals surface area contributed by atoms with Crippen LogP contribution in [0.3, 0.4) is 0 Å². The van der Waals surface area contributed by atoms with Crippen molar-refractivity contribution >= 4 is 68.2 Å². The Kier molecular flexibility index (Phi) is 3.32. The second-order valence-electron chi connectivity index (χ2n) is 7.78. The Labute approximate surface area is 178 Å². The quantitative estimate of drug-likeness (QED) is 0.310. The van der Waals surface area contributed by atoms with Crippen LogP contribution in [-0.2, 0) is 0 Å². The molecule has 0 spiro atoms. The molecule has 0 nitrogen and oxygen atoms in total. The van der Waals surface area contributed by atoms with Crippen LogP contribution in [0, 0.1) is 0 Å². The summed E-state index contributed by atoms with van der Waals surface area (Å²) in [4.78, 5) is 5.59. The van der Waals surface area contributed by atoms with Crippen molar-refractivity contribution in [3.05, 3.63) is 91.0 Å². The number of hydrogen-bond donors (Lipinski definition) is 0. The third-order valence-electron chi connectivity index (χ3n) is 6.13. The van der Waals surface area contributed by atoms with Crippen LogP contribution in [0.25, 0.3) is 21.5 Å². The fraction of sp³-hybridized carbons (Fsp3) is 0. The van der Waals surface area contributed by atoms with Gasteiger partial charge in [0.25, 0.3) is 0 Å². The van der Waals surface area contributed by atoms with E-state index in [9.17, 15) is 0 Å². The molecule has 0 unspecified atom stereocenters. The van der Waals surface area contributed by atoms with E-state index in [-0.39, 0.29) is 0 Å². The van der Waals surface area contributed by atoms with E-state index in [2.05, 4.69) is 91.0 Å². The van der Waals surface area contributed by atoms with Crippen LogP contribution < -0.4 is 16.4 Å². The smallest absolute Gasteiger partial charge is 0.0911 e. The van der Waals surface area contributed by atoms with Crippen LogP contribution in [0.1, 0.15) is 0 Å². The van der Waals surface area contributed by atoms with Crippen molar-refractivity contribution in [2.45, 2.75) is 19.6 Å². The molecular formula is C26H15BS2. The molecule has 5 aromatic rings. The first-order valence-corrected chi connectivity index (χ1v) is 11.5. The van der Waals surface area contributed by atoms with Crippen LogP contribution in [0.2, 0.25) is 0 Å². The minimum atomic E-state index is 0.308. The Bertz CT molecular complexity index is 1360. The van der Waals surface area contributed by atoms with Gasteiger partial charge in [0, 0.05) is 19.6 Å². The molecule has 5 aromatic carbocycles. The Balaban J connectivity index is 1.58. The molecule has 0 N–H and O–H groups in total. The lowest BCUT2D eigenvalue weighted by molar-refractivity contribution is 1.34. The maximum absolute atomic E-state index is 2.43. The van der Waals surface area contributed by atoms with Gasteiger partial charge in [0.2, 0.25) is 6.71 Å². The van der Waals surface area contributed by atoms with E-state index in [0.717, 1.165) is 0 Å². The van der Waals surface area contributed by atoms with Crippen molar-refractivity contribution in [2.24, 2.45) is 0 Å². The van der Waals surface area contributed by atoms with Gasteiger partial charge in [-0.1, -0.05) is 101 Å². The standard InChI is InChI=1S/C26H15BS2/c1-3-8-18-14-24-20(12-16(18)6-1)27-21-13-17-7-2-4-9-19(17)15-25(21)29-23-11-5-10-22(28-24)26(23)27/h1-15H. The molecule has 0 amide bonds. The first-order chi connectivity index (χ1) is 14.3. The highest BCUT2D eigenvalue weighted by Gasteiger charge is 2.38. The van der Waals surface area contributed by atoms with E-state index in [0.29, 0.717) is 6.71 Å². The zero-order chi connectivity index (χ0) is 18.9. The first kappa shape index (κ1) is 16.2. The summed E-state index contributed by atoms with van der Waals surface area (Å²) in [6, 6.07) is 33.9. The third kappa shape index (κ3) is 2.32. The Morgan fingerprint density at radius 3 is 1.38 bits per heavy atom. The lowest BCUT2D eigenvalue weighted by Gasteiger charge is -2.33. The Morgan fingerprint density at radius 2 is 0.897 bits per heavy atom. The van der Waals surface area contributed by atoms with E-state index >= 15 is 0 Å². The fourth-order valence-electron chi connectivity index (χ4n) is 4.80. The molecule has 0 saturated heterocycles. The molecule has 2 heterocycles. The monoisotopic (exact) mass is 402 g/mol. The van der Waals surface area contributed by atoms with Crippen LogP contribution >= 0.6 is 23.5 Å². The fourth-order valence-corrected chi connectivity index (χ4v) is 7.27. The second kappa shape index (κ2) is 5.95. The summed E-state index contributed by atoms with van der Waals surface area (Å²) < 4.78 is 0. The summed E-state index contributed by atoms with van der Waals surface area (Å²) in [7, 11) is 0. The van der Waals surface area contributed by atoms with Gasteiger partial charge >= 0.3 is 0 Å². The van der Waals surface area contributed by atoms with E-state index in [1.54, 1.807) is 0 Å². The molecule has 7 rings (SSSR count). The molecule has 29 heavy (non-hydrogen) atoms. The van der Waals surface area contributed by atoms with Gasteiger partial charge in [-0.15, -0.1) is 0 Å². The van der Waals surface area contributed by atoms with E-state index in [4.69, 9.17) is 0 Å². The van der Waals surface area contributed by atoms with E-state index in [1.807, 2.05) is 23.5 Å².